The van der Waals surface area contributed by atoms with Crippen molar-refractivity contribution in [1.82, 2.24) is 10.6 Å². The molecule has 0 bridgehead atoms. The van der Waals surface area contributed by atoms with Gasteiger partial charge in [0.1, 0.15) is 0 Å². The third kappa shape index (κ3) is 5.30. The van der Waals surface area contributed by atoms with Gasteiger partial charge < -0.3 is 15.4 Å². The summed E-state index contributed by atoms with van der Waals surface area (Å²) in [5.41, 5.74) is 0.693. The molecule has 0 aliphatic heterocycles. The summed E-state index contributed by atoms with van der Waals surface area (Å²) in [7, 11) is 1.30. The minimum atomic E-state index is -0.791. The molecule has 0 aliphatic carbocycles. The zero-order valence-electron chi connectivity index (χ0n) is 12.2. The van der Waals surface area contributed by atoms with Crippen molar-refractivity contribution < 1.29 is 14.3 Å². The van der Waals surface area contributed by atoms with Gasteiger partial charge in [-0.25, -0.2) is 9.59 Å². The van der Waals surface area contributed by atoms with Crippen LogP contribution in [0, 0.1) is 5.92 Å². The maximum Gasteiger partial charge on any atom is 0.333 e. The molecule has 1 rings (SSSR count). The lowest BCUT2D eigenvalue weighted by atomic mass is 10.1. The highest BCUT2D eigenvalue weighted by Gasteiger charge is 2.23. The molecule has 1 aromatic carbocycles. The second kappa shape index (κ2) is 8.19. The lowest BCUT2D eigenvalue weighted by molar-refractivity contribution is -0.143. The molecule has 0 spiro atoms. The number of urea groups is 1. The normalized spacial score (nSPS) is 11.8. The predicted octanol–water partition coefficient (Wildman–Crippen LogP) is 2.25. The van der Waals surface area contributed by atoms with Gasteiger partial charge in [0.2, 0.25) is 0 Å². The van der Waals surface area contributed by atoms with Crippen molar-refractivity contribution in [1.29, 1.82) is 0 Å². The van der Waals surface area contributed by atoms with E-state index in [0.29, 0.717) is 18.0 Å². The Balaban J connectivity index is 2.62. The van der Waals surface area contributed by atoms with Crippen molar-refractivity contribution in [3.05, 3.63) is 35.9 Å². The molecule has 2 N–H and O–H groups in total. The first-order valence-electron chi connectivity index (χ1n) is 6.71. The lowest BCUT2D eigenvalue weighted by Gasteiger charge is -2.17. The van der Waals surface area contributed by atoms with Crippen LogP contribution in [0.15, 0.2) is 30.3 Å². The average Bonchev–Trinajstić information content (AvgIpc) is 2.44. The van der Waals surface area contributed by atoms with Crippen molar-refractivity contribution in [2.45, 2.75) is 26.3 Å². The van der Waals surface area contributed by atoms with Crippen LogP contribution >= 0.6 is 0 Å². The van der Waals surface area contributed by atoms with E-state index >= 15 is 0 Å². The van der Waals surface area contributed by atoms with Crippen molar-refractivity contribution in [2.24, 2.45) is 5.92 Å². The molecule has 1 atom stereocenters. The van der Waals surface area contributed by atoms with Crippen molar-refractivity contribution in [3.63, 3.8) is 0 Å². The Bertz CT molecular complexity index is 432. The third-order valence-electron chi connectivity index (χ3n) is 2.85. The van der Waals surface area contributed by atoms with Crippen LogP contribution in [0.1, 0.15) is 31.9 Å². The van der Waals surface area contributed by atoms with E-state index in [9.17, 15) is 9.59 Å². The van der Waals surface area contributed by atoms with Crippen LogP contribution in [0.25, 0.3) is 0 Å². The van der Waals surface area contributed by atoms with E-state index in [4.69, 9.17) is 4.74 Å². The van der Waals surface area contributed by atoms with E-state index in [1.54, 1.807) is 12.1 Å². The van der Waals surface area contributed by atoms with Crippen LogP contribution < -0.4 is 10.6 Å². The van der Waals surface area contributed by atoms with Gasteiger partial charge in [0.25, 0.3) is 0 Å². The van der Waals surface area contributed by atoms with Gasteiger partial charge in [-0.05, 0) is 17.9 Å². The number of carbonyl (C=O) groups excluding carboxylic acids is 2. The highest BCUT2D eigenvalue weighted by Crippen LogP contribution is 2.13. The molecule has 0 aliphatic rings. The standard InChI is InChI=1S/C15H22N2O3/c1-11(2)9-10-16-15(19)17-13(14(18)20-3)12-7-5-4-6-8-12/h4-8,11,13H,9-10H2,1-3H3,(H2,16,17,19)/t13-/m1/s1. The molecule has 1 aromatic rings. The Morgan fingerprint density at radius 1 is 1.20 bits per heavy atom. The molecule has 0 unspecified atom stereocenters. The molecule has 5 heteroatoms. The van der Waals surface area contributed by atoms with Gasteiger partial charge in [0.05, 0.1) is 7.11 Å². The van der Waals surface area contributed by atoms with Crippen LogP contribution in [0.3, 0.4) is 0 Å². The number of ether oxygens (including phenoxy) is 1. The molecule has 0 radical (unpaired) electrons. The van der Waals surface area contributed by atoms with Crippen LogP contribution in [0.5, 0.6) is 0 Å². The fraction of sp³-hybridized carbons (Fsp3) is 0.467. The topological polar surface area (TPSA) is 67.4 Å². The summed E-state index contributed by atoms with van der Waals surface area (Å²) in [5.74, 6) is 0.0241. The van der Waals surface area contributed by atoms with Crippen molar-refractivity contribution >= 4 is 12.0 Å². The Morgan fingerprint density at radius 2 is 1.85 bits per heavy atom. The molecule has 0 saturated heterocycles. The minimum absolute atomic E-state index is 0.370. The Labute approximate surface area is 119 Å². The van der Waals surface area contributed by atoms with Crippen molar-refractivity contribution in [2.75, 3.05) is 13.7 Å². The van der Waals surface area contributed by atoms with Gasteiger partial charge in [-0.1, -0.05) is 44.2 Å². The van der Waals surface area contributed by atoms with Crippen LogP contribution in [-0.2, 0) is 9.53 Å². The van der Waals surface area contributed by atoms with Gasteiger partial charge in [-0.15, -0.1) is 0 Å². The first-order chi connectivity index (χ1) is 9.54. The largest absolute Gasteiger partial charge is 0.467 e. The zero-order valence-corrected chi connectivity index (χ0v) is 12.2. The van der Waals surface area contributed by atoms with E-state index in [0.717, 1.165) is 6.42 Å². The van der Waals surface area contributed by atoms with E-state index in [1.807, 2.05) is 18.2 Å². The van der Waals surface area contributed by atoms with Crippen LogP contribution in [0.4, 0.5) is 4.79 Å². The highest BCUT2D eigenvalue weighted by molar-refractivity contribution is 5.84. The van der Waals surface area contributed by atoms with E-state index in [1.165, 1.54) is 7.11 Å². The van der Waals surface area contributed by atoms with E-state index < -0.39 is 12.0 Å². The van der Waals surface area contributed by atoms with Gasteiger partial charge in [-0.2, -0.15) is 0 Å². The highest BCUT2D eigenvalue weighted by atomic mass is 16.5. The van der Waals surface area contributed by atoms with Crippen LogP contribution in [-0.4, -0.2) is 25.7 Å². The average molecular weight is 278 g/mol. The Morgan fingerprint density at radius 3 is 2.40 bits per heavy atom. The Hall–Kier alpha value is -2.04. The molecule has 0 saturated carbocycles. The number of benzene rings is 1. The van der Waals surface area contributed by atoms with E-state index in [-0.39, 0.29) is 6.03 Å². The SMILES string of the molecule is COC(=O)[C@H](NC(=O)NCCC(C)C)c1ccccc1. The summed E-state index contributed by atoms with van der Waals surface area (Å²) in [4.78, 5) is 23.6. The second-order valence-electron chi connectivity index (χ2n) is 4.95. The van der Waals surface area contributed by atoms with Crippen molar-refractivity contribution in [3.8, 4) is 0 Å². The molecular weight excluding hydrogens is 256 g/mol. The summed E-state index contributed by atoms with van der Waals surface area (Å²) in [6.07, 6.45) is 0.891. The number of amides is 2. The predicted molar refractivity (Wildman–Crippen MR) is 77.2 cm³/mol. The number of rotatable bonds is 6. The molecule has 0 fully saturated rings. The summed E-state index contributed by atoms with van der Waals surface area (Å²) in [6.45, 7) is 4.74. The number of hydrogen-bond acceptors (Lipinski definition) is 3. The first-order valence-corrected chi connectivity index (χ1v) is 6.71. The number of esters is 1. The lowest BCUT2D eigenvalue weighted by Crippen LogP contribution is -2.41. The van der Waals surface area contributed by atoms with Gasteiger partial charge in [-0.3, -0.25) is 0 Å². The quantitative estimate of drug-likeness (QED) is 0.784. The van der Waals surface area contributed by atoms with E-state index in [2.05, 4.69) is 24.5 Å². The molecule has 0 heterocycles. The Kier molecular flexibility index (Phi) is 6.56. The molecule has 0 aromatic heterocycles. The fourth-order valence-electron chi connectivity index (χ4n) is 1.70. The van der Waals surface area contributed by atoms with Crippen LogP contribution in [0.2, 0.25) is 0 Å². The summed E-state index contributed by atoms with van der Waals surface area (Å²) in [6, 6.07) is 7.85. The molecule has 110 valence electrons. The summed E-state index contributed by atoms with van der Waals surface area (Å²) >= 11 is 0. The number of hydrogen-bond donors (Lipinski definition) is 2. The fourth-order valence-corrected chi connectivity index (χ4v) is 1.70. The number of nitrogens with one attached hydrogen (secondary N) is 2. The van der Waals surface area contributed by atoms with Gasteiger partial charge in [0, 0.05) is 6.54 Å². The molecular formula is C15H22N2O3. The zero-order chi connectivity index (χ0) is 15.0. The smallest absolute Gasteiger partial charge is 0.333 e. The number of carbonyl (C=O) groups is 2. The summed E-state index contributed by atoms with van der Waals surface area (Å²) in [5, 5.41) is 5.37. The molecule has 20 heavy (non-hydrogen) atoms. The van der Waals surface area contributed by atoms with Gasteiger partial charge >= 0.3 is 12.0 Å². The minimum Gasteiger partial charge on any atom is -0.467 e. The molecule has 5 nitrogen and oxygen atoms in total. The monoisotopic (exact) mass is 278 g/mol. The maximum atomic E-state index is 11.8. The number of methoxy groups -OCH3 is 1. The van der Waals surface area contributed by atoms with Gasteiger partial charge in [0.15, 0.2) is 6.04 Å². The third-order valence-corrected chi connectivity index (χ3v) is 2.85. The second-order valence-corrected chi connectivity index (χ2v) is 4.95. The first kappa shape index (κ1) is 16.0. The maximum absolute atomic E-state index is 11.8. The molecule has 2 amide bonds. The summed E-state index contributed by atoms with van der Waals surface area (Å²) < 4.78 is 4.73.